The fraction of sp³-hybridized carbons (Fsp3) is 0.350. The molecule has 0 radical (unpaired) electrons. The molecule has 0 atom stereocenters. The summed E-state index contributed by atoms with van der Waals surface area (Å²) in [6.07, 6.45) is 0. The zero-order valence-electron chi connectivity index (χ0n) is 16.0. The Balaban J connectivity index is 0.00000240. The number of carbonyl (C=O) groups excluding carboxylic acids is 1. The lowest BCUT2D eigenvalue weighted by molar-refractivity contribution is 0.0625. The average Bonchev–Trinajstić information content (AvgIpc) is 3.17. The first-order chi connectivity index (χ1) is 13.5. The molecule has 0 saturated carbocycles. The first-order valence-electron chi connectivity index (χ1n) is 9.08. The maximum atomic E-state index is 12.9. The van der Waals surface area contributed by atoms with E-state index in [4.69, 9.17) is 31.5 Å². The number of piperazine rings is 1. The Labute approximate surface area is 180 Å². The van der Waals surface area contributed by atoms with Crippen molar-refractivity contribution in [2.45, 2.75) is 6.54 Å². The molecule has 1 fully saturated rings. The van der Waals surface area contributed by atoms with Crippen molar-refractivity contribution in [3.8, 4) is 17.2 Å². The summed E-state index contributed by atoms with van der Waals surface area (Å²) in [7, 11) is 1.52. The first kappa shape index (κ1) is 21.4. The molecule has 9 heteroatoms. The summed E-state index contributed by atoms with van der Waals surface area (Å²) in [6.45, 7) is 3.91. The Bertz CT molecular complexity index is 902. The summed E-state index contributed by atoms with van der Waals surface area (Å²) >= 11 is 6.10. The Hall–Kier alpha value is -2.35. The largest absolute Gasteiger partial charge is 0.496 e. The van der Waals surface area contributed by atoms with Gasteiger partial charge in [-0.2, -0.15) is 0 Å². The van der Waals surface area contributed by atoms with Gasteiger partial charge in [0.15, 0.2) is 11.5 Å². The van der Waals surface area contributed by atoms with Gasteiger partial charge in [0.25, 0.3) is 5.91 Å². The van der Waals surface area contributed by atoms with Crippen LogP contribution in [0.1, 0.15) is 15.9 Å². The van der Waals surface area contributed by atoms with Crippen LogP contribution in [-0.4, -0.2) is 55.8 Å². The molecule has 1 amide bonds. The molecule has 2 heterocycles. The van der Waals surface area contributed by atoms with Crippen molar-refractivity contribution in [2.75, 3.05) is 45.8 Å². The third-order valence-corrected chi connectivity index (χ3v) is 5.38. The molecule has 2 aliphatic rings. The number of methoxy groups -OCH3 is 1. The number of halogens is 2. The van der Waals surface area contributed by atoms with E-state index in [-0.39, 0.29) is 25.1 Å². The van der Waals surface area contributed by atoms with Crippen molar-refractivity contribution in [1.82, 2.24) is 9.80 Å². The van der Waals surface area contributed by atoms with Crippen molar-refractivity contribution in [1.29, 1.82) is 0 Å². The number of amides is 1. The van der Waals surface area contributed by atoms with Gasteiger partial charge in [0.05, 0.1) is 23.4 Å². The van der Waals surface area contributed by atoms with Gasteiger partial charge in [-0.15, -0.1) is 12.4 Å². The molecule has 0 aliphatic carbocycles. The van der Waals surface area contributed by atoms with Crippen LogP contribution in [0.4, 0.5) is 5.69 Å². The summed E-state index contributed by atoms with van der Waals surface area (Å²) in [4.78, 5) is 17.1. The second-order valence-corrected chi connectivity index (χ2v) is 7.24. The van der Waals surface area contributed by atoms with Crippen molar-refractivity contribution in [2.24, 2.45) is 0 Å². The maximum Gasteiger partial charge on any atom is 0.257 e. The van der Waals surface area contributed by atoms with Crippen LogP contribution in [0, 0.1) is 0 Å². The Morgan fingerprint density at radius 3 is 2.59 bits per heavy atom. The van der Waals surface area contributed by atoms with E-state index in [1.165, 1.54) is 7.11 Å². The summed E-state index contributed by atoms with van der Waals surface area (Å²) < 4.78 is 16.1. The van der Waals surface area contributed by atoms with Crippen LogP contribution in [0.5, 0.6) is 17.2 Å². The maximum absolute atomic E-state index is 12.9. The molecular formula is C20H23Cl2N3O4. The zero-order chi connectivity index (χ0) is 19.7. The van der Waals surface area contributed by atoms with Crippen molar-refractivity contribution < 1.29 is 19.0 Å². The number of nitrogen functional groups attached to an aromatic ring is 1. The van der Waals surface area contributed by atoms with E-state index in [2.05, 4.69) is 4.90 Å². The van der Waals surface area contributed by atoms with Gasteiger partial charge >= 0.3 is 0 Å². The molecule has 2 aromatic rings. The van der Waals surface area contributed by atoms with Gasteiger partial charge in [0.2, 0.25) is 6.79 Å². The van der Waals surface area contributed by atoms with E-state index in [1.807, 2.05) is 23.1 Å². The zero-order valence-corrected chi connectivity index (χ0v) is 17.6. The predicted octanol–water partition coefficient (Wildman–Crippen LogP) is 3.04. The molecule has 0 unspecified atom stereocenters. The van der Waals surface area contributed by atoms with Crippen LogP contribution >= 0.6 is 24.0 Å². The van der Waals surface area contributed by atoms with Crippen molar-refractivity contribution in [3.63, 3.8) is 0 Å². The summed E-state index contributed by atoms with van der Waals surface area (Å²) in [5.41, 5.74) is 7.80. The highest BCUT2D eigenvalue weighted by Crippen LogP contribution is 2.33. The van der Waals surface area contributed by atoms with Crippen LogP contribution in [0.15, 0.2) is 30.3 Å². The van der Waals surface area contributed by atoms with Crippen molar-refractivity contribution in [3.05, 3.63) is 46.5 Å². The van der Waals surface area contributed by atoms with Gasteiger partial charge in [0.1, 0.15) is 5.75 Å². The minimum Gasteiger partial charge on any atom is -0.496 e. The number of fused-ring (bicyclic) bond motifs is 1. The fourth-order valence-corrected chi connectivity index (χ4v) is 3.65. The molecule has 0 aromatic heterocycles. The van der Waals surface area contributed by atoms with Crippen LogP contribution in [-0.2, 0) is 6.54 Å². The number of nitrogens with zero attached hydrogens (tertiary/aromatic N) is 2. The van der Waals surface area contributed by atoms with Gasteiger partial charge in [-0.3, -0.25) is 9.69 Å². The molecule has 2 aromatic carbocycles. The minimum atomic E-state index is -0.0959. The highest BCUT2D eigenvalue weighted by atomic mass is 35.5. The number of ether oxygens (including phenoxy) is 3. The number of hydrogen-bond donors (Lipinski definition) is 1. The number of rotatable bonds is 4. The van der Waals surface area contributed by atoms with Gasteiger partial charge in [0, 0.05) is 38.8 Å². The Morgan fingerprint density at radius 1 is 1.14 bits per heavy atom. The minimum absolute atomic E-state index is 0. The molecule has 1 saturated heterocycles. The van der Waals surface area contributed by atoms with E-state index in [1.54, 1.807) is 12.1 Å². The summed E-state index contributed by atoms with van der Waals surface area (Å²) in [5.74, 6) is 1.92. The molecular weight excluding hydrogens is 417 g/mol. The van der Waals surface area contributed by atoms with Gasteiger partial charge in [-0.05, 0) is 23.8 Å². The predicted molar refractivity (Wildman–Crippen MR) is 113 cm³/mol. The fourth-order valence-electron chi connectivity index (χ4n) is 3.48. The molecule has 2 N–H and O–H groups in total. The lowest BCUT2D eigenvalue weighted by Gasteiger charge is -2.35. The number of carbonyl (C=O) groups is 1. The van der Waals surface area contributed by atoms with Crippen LogP contribution in [0.3, 0.4) is 0 Å². The second-order valence-electron chi connectivity index (χ2n) is 6.83. The molecule has 4 rings (SSSR count). The smallest absolute Gasteiger partial charge is 0.257 e. The first-order valence-corrected chi connectivity index (χ1v) is 9.46. The van der Waals surface area contributed by atoms with E-state index < -0.39 is 0 Å². The van der Waals surface area contributed by atoms with E-state index >= 15 is 0 Å². The third-order valence-electron chi connectivity index (χ3n) is 5.05. The molecule has 2 aliphatic heterocycles. The normalized spacial score (nSPS) is 15.7. The number of anilines is 1. The average molecular weight is 440 g/mol. The molecule has 7 nitrogen and oxygen atoms in total. The summed E-state index contributed by atoms with van der Waals surface area (Å²) in [5, 5.41) is 0.352. The highest BCUT2D eigenvalue weighted by Gasteiger charge is 2.25. The second kappa shape index (κ2) is 8.98. The third kappa shape index (κ3) is 4.47. The van der Waals surface area contributed by atoms with Crippen LogP contribution < -0.4 is 19.9 Å². The van der Waals surface area contributed by atoms with Gasteiger partial charge in [-0.25, -0.2) is 0 Å². The number of hydrogen-bond acceptors (Lipinski definition) is 6. The summed E-state index contributed by atoms with van der Waals surface area (Å²) in [6, 6.07) is 9.17. The van der Waals surface area contributed by atoms with Crippen molar-refractivity contribution >= 4 is 35.6 Å². The van der Waals surface area contributed by atoms with Gasteiger partial charge in [-0.1, -0.05) is 17.7 Å². The molecule has 0 spiro atoms. The van der Waals surface area contributed by atoms with Crippen LogP contribution in [0.25, 0.3) is 0 Å². The SMILES string of the molecule is COc1cc(N)c(Cl)cc1C(=O)N1CCN(Cc2ccc3c(c2)OCO3)CC1.Cl. The number of benzene rings is 2. The Kier molecular flexibility index (Phi) is 6.62. The molecule has 29 heavy (non-hydrogen) atoms. The Morgan fingerprint density at radius 2 is 1.86 bits per heavy atom. The standard InChI is InChI=1S/C20H22ClN3O4.ClH/c1-26-18-10-16(22)15(21)9-14(18)20(25)24-6-4-23(5-7-24)11-13-2-3-17-19(8-13)28-12-27-17;/h2-3,8-10H,4-7,11-12,22H2,1H3;1H. The highest BCUT2D eigenvalue weighted by molar-refractivity contribution is 6.33. The topological polar surface area (TPSA) is 77.3 Å². The van der Waals surface area contributed by atoms with Crippen LogP contribution in [0.2, 0.25) is 5.02 Å². The lowest BCUT2D eigenvalue weighted by Crippen LogP contribution is -2.48. The van der Waals surface area contributed by atoms with E-state index in [9.17, 15) is 4.79 Å². The number of nitrogens with two attached hydrogens (primary N) is 1. The van der Waals surface area contributed by atoms with E-state index in [0.717, 1.165) is 36.7 Å². The van der Waals surface area contributed by atoms with E-state index in [0.29, 0.717) is 35.1 Å². The lowest BCUT2D eigenvalue weighted by atomic mass is 10.1. The molecule has 156 valence electrons. The quantitative estimate of drug-likeness (QED) is 0.737. The monoisotopic (exact) mass is 439 g/mol. The molecule has 0 bridgehead atoms. The van der Waals surface area contributed by atoms with Gasteiger partial charge < -0.3 is 24.8 Å².